The van der Waals surface area contributed by atoms with E-state index in [0.29, 0.717) is 29.2 Å². The Bertz CT molecular complexity index is 727. The first-order valence-corrected chi connectivity index (χ1v) is 6.83. The molecule has 2 aromatic rings. The van der Waals surface area contributed by atoms with Crippen molar-refractivity contribution in [2.75, 3.05) is 0 Å². The molecule has 0 aliphatic carbocycles. The van der Waals surface area contributed by atoms with Crippen LogP contribution in [0, 0.1) is 18.3 Å². The van der Waals surface area contributed by atoms with Crippen LogP contribution in [0.25, 0.3) is 0 Å². The fraction of sp³-hybridized carbons (Fsp3) is 0.200. The molecule has 0 radical (unpaired) electrons. The van der Waals surface area contributed by atoms with Gasteiger partial charge in [-0.15, -0.1) is 0 Å². The summed E-state index contributed by atoms with van der Waals surface area (Å²) < 4.78 is 1.57. The Morgan fingerprint density at radius 1 is 1.20 bits per heavy atom. The first kappa shape index (κ1) is 14.6. The molecular formula is C15H12Cl2N2O. The Balaban J connectivity index is 2.23. The number of hydrogen-bond donors (Lipinski definition) is 0. The van der Waals surface area contributed by atoms with Gasteiger partial charge in [0.15, 0.2) is 0 Å². The normalized spacial score (nSPS) is 10.3. The van der Waals surface area contributed by atoms with Crippen molar-refractivity contribution in [1.82, 2.24) is 4.57 Å². The van der Waals surface area contributed by atoms with Crippen LogP contribution in [-0.4, -0.2) is 4.57 Å². The second-order valence-electron chi connectivity index (χ2n) is 4.44. The van der Waals surface area contributed by atoms with E-state index in [-0.39, 0.29) is 10.6 Å². The summed E-state index contributed by atoms with van der Waals surface area (Å²) in [6.07, 6.45) is 0.670. The molecule has 0 saturated heterocycles. The maximum atomic E-state index is 12.0. The smallest absolute Gasteiger partial charge is 0.269 e. The van der Waals surface area contributed by atoms with E-state index in [1.165, 1.54) is 6.07 Å². The van der Waals surface area contributed by atoms with E-state index < -0.39 is 0 Å². The van der Waals surface area contributed by atoms with Crippen molar-refractivity contribution in [2.45, 2.75) is 19.9 Å². The zero-order valence-electron chi connectivity index (χ0n) is 10.9. The molecule has 20 heavy (non-hydrogen) atoms. The van der Waals surface area contributed by atoms with Crippen molar-refractivity contribution >= 4 is 23.2 Å². The number of rotatable bonds is 3. The molecule has 0 saturated carbocycles. The largest absolute Gasteiger partial charge is 0.310 e. The molecule has 0 fully saturated rings. The number of nitriles is 1. The average molecular weight is 307 g/mol. The molecule has 0 N–H and O–H groups in total. The zero-order chi connectivity index (χ0) is 14.7. The summed E-state index contributed by atoms with van der Waals surface area (Å²) in [4.78, 5) is 12.0. The molecule has 2 rings (SSSR count). The molecular weight excluding hydrogens is 295 g/mol. The van der Waals surface area contributed by atoms with Gasteiger partial charge < -0.3 is 4.57 Å². The van der Waals surface area contributed by atoms with Gasteiger partial charge in [0.1, 0.15) is 5.02 Å². The van der Waals surface area contributed by atoms with Crippen LogP contribution in [-0.2, 0) is 13.0 Å². The lowest BCUT2D eigenvalue weighted by Crippen LogP contribution is -2.23. The van der Waals surface area contributed by atoms with Crippen LogP contribution >= 0.6 is 23.2 Å². The lowest BCUT2D eigenvalue weighted by atomic mass is 10.1. The summed E-state index contributed by atoms with van der Waals surface area (Å²) in [5, 5.41) is 9.35. The Hall–Kier alpha value is -1.76. The van der Waals surface area contributed by atoms with Gasteiger partial charge >= 0.3 is 0 Å². The van der Waals surface area contributed by atoms with Gasteiger partial charge in [-0.1, -0.05) is 35.3 Å². The Morgan fingerprint density at radius 2 is 1.85 bits per heavy atom. The molecule has 102 valence electrons. The van der Waals surface area contributed by atoms with E-state index in [0.717, 1.165) is 5.56 Å². The predicted molar refractivity (Wildman–Crippen MR) is 80.3 cm³/mol. The van der Waals surface area contributed by atoms with Gasteiger partial charge in [0.25, 0.3) is 5.56 Å². The number of nitrogens with zero attached hydrogens (tertiary/aromatic N) is 2. The molecule has 3 nitrogen and oxygen atoms in total. The van der Waals surface area contributed by atoms with Gasteiger partial charge in [-0.3, -0.25) is 4.79 Å². The number of benzene rings is 1. The van der Waals surface area contributed by atoms with E-state index in [2.05, 4.69) is 6.07 Å². The molecule has 0 unspecified atom stereocenters. The monoisotopic (exact) mass is 306 g/mol. The van der Waals surface area contributed by atoms with E-state index in [4.69, 9.17) is 28.5 Å². The molecule has 1 heterocycles. The van der Waals surface area contributed by atoms with Gasteiger partial charge in [0.05, 0.1) is 16.7 Å². The molecule has 0 spiro atoms. The lowest BCUT2D eigenvalue weighted by molar-refractivity contribution is 0.649. The summed E-state index contributed by atoms with van der Waals surface area (Å²) in [5.41, 5.74) is 2.14. The first-order chi connectivity index (χ1) is 9.52. The molecule has 0 aliphatic heterocycles. The number of halogens is 2. The fourth-order valence-electron chi connectivity index (χ4n) is 1.94. The van der Waals surface area contributed by atoms with Crippen molar-refractivity contribution in [3.05, 3.63) is 67.6 Å². The Labute approximate surface area is 127 Å². The minimum absolute atomic E-state index is 0.125. The molecule has 0 bridgehead atoms. The van der Waals surface area contributed by atoms with E-state index >= 15 is 0 Å². The van der Waals surface area contributed by atoms with Crippen LogP contribution in [0.3, 0.4) is 0 Å². The molecule has 5 heteroatoms. The van der Waals surface area contributed by atoms with E-state index in [9.17, 15) is 4.79 Å². The second-order valence-corrected chi connectivity index (χ2v) is 5.26. The standard InChI is InChI=1S/C15H12Cl2N2O/c1-10-13(16)8-14(17)15(20)19(10)7-6-11-2-4-12(9-18)5-3-11/h2-5,8H,6-7H2,1H3. The average Bonchev–Trinajstić information content (AvgIpc) is 2.46. The minimum atomic E-state index is -0.234. The summed E-state index contributed by atoms with van der Waals surface area (Å²) in [6, 6.07) is 10.8. The second kappa shape index (κ2) is 6.13. The number of aryl methyl sites for hydroxylation is 1. The zero-order valence-corrected chi connectivity index (χ0v) is 12.4. The van der Waals surface area contributed by atoms with Gasteiger partial charge in [0.2, 0.25) is 0 Å². The Kier molecular flexibility index (Phi) is 4.49. The third-order valence-corrected chi connectivity index (χ3v) is 3.81. The highest BCUT2D eigenvalue weighted by Crippen LogP contribution is 2.17. The predicted octanol–water partition coefficient (Wildman–Crippen LogP) is 3.58. The van der Waals surface area contributed by atoms with Gasteiger partial charge in [-0.05, 0) is 37.1 Å². The van der Waals surface area contributed by atoms with Crippen LogP contribution in [0.15, 0.2) is 35.1 Å². The maximum Gasteiger partial charge on any atom is 0.269 e. The van der Waals surface area contributed by atoms with E-state index in [1.54, 1.807) is 23.6 Å². The molecule has 1 aromatic carbocycles. The van der Waals surface area contributed by atoms with Crippen LogP contribution in [0.2, 0.25) is 10.0 Å². The van der Waals surface area contributed by atoms with E-state index in [1.807, 2.05) is 12.1 Å². The fourth-order valence-corrected chi connectivity index (χ4v) is 2.42. The Morgan fingerprint density at radius 3 is 2.45 bits per heavy atom. The maximum absolute atomic E-state index is 12.0. The topological polar surface area (TPSA) is 45.8 Å². The van der Waals surface area contributed by atoms with Gasteiger partial charge in [0, 0.05) is 12.2 Å². The van der Waals surface area contributed by atoms with Crippen LogP contribution < -0.4 is 5.56 Å². The number of aromatic nitrogens is 1. The minimum Gasteiger partial charge on any atom is -0.310 e. The quantitative estimate of drug-likeness (QED) is 0.870. The summed E-state index contributed by atoms with van der Waals surface area (Å²) in [5.74, 6) is 0. The van der Waals surface area contributed by atoms with Crippen LogP contribution in [0.4, 0.5) is 0 Å². The number of hydrogen-bond acceptors (Lipinski definition) is 2. The third-order valence-electron chi connectivity index (χ3n) is 3.16. The molecule has 0 aliphatic rings. The van der Waals surface area contributed by atoms with Gasteiger partial charge in [-0.2, -0.15) is 5.26 Å². The van der Waals surface area contributed by atoms with Crippen LogP contribution in [0.5, 0.6) is 0 Å². The van der Waals surface area contributed by atoms with Crippen molar-refractivity contribution in [1.29, 1.82) is 5.26 Å². The van der Waals surface area contributed by atoms with Crippen LogP contribution in [0.1, 0.15) is 16.8 Å². The highest BCUT2D eigenvalue weighted by atomic mass is 35.5. The number of pyridine rings is 1. The molecule has 1 aromatic heterocycles. The SMILES string of the molecule is Cc1c(Cl)cc(Cl)c(=O)n1CCc1ccc(C#N)cc1. The highest BCUT2D eigenvalue weighted by Gasteiger charge is 2.09. The van der Waals surface area contributed by atoms with Crippen molar-refractivity contribution in [3.63, 3.8) is 0 Å². The molecule has 0 atom stereocenters. The highest BCUT2D eigenvalue weighted by molar-refractivity contribution is 6.34. The lowest BCUT2D eigenvalue weighted by Gasteiger charge is -2.12. The summed E-state index contributed by atoms with van der Waals surface area (Å²) in [7, 11) is 0. The molecule has 0 amide bonds. The first-order valence-electron chi connectivity index (χ1n) is 6.07. The summed E-state index contributed by atoms with van der Waals surface area (Å²) >= 11 is 11.9. The van der Waals surface area contributed by atoms with Crippen molar-refractivity contribution in [2.24, 2.45) is 0 Å². The van der Waals surface area contributed by atoms with Crippen molar-refractivity contribution in [3.8, 4) is 6.07 Å². The summed E-state index contributed by atoms with van der Waals surface area (Å²) in [6.45, 7) is 2.29. The van der Waals surface area contributed by atoms with Gasteiger partial charge in [-0.25, -0.2) is 0 Å². The van der Waals surface area contributed by atoms with Crippen molar-refractivity contribution < 1.29 is 0 Å². The third kappa shape index (κ3) is 3.04.